The van der Waals surface area contributed by atoms with Gasteiger partial charge < -0.3 is 20.1 Å². The van der Waals surface area contributed by atoms with E-state index in [2.05, 4.69) is 24.5 Å². The highest BCUT2D eigenvalue weighted by molar-refractivity contribution is 5.87. The maximum atomic E-state index is 12.6. The quantitative estimate of drug-likeness (QED) is 0.551. The van der Waals surface area contributed by atoms with E-state index in [0.29, 0.717) is 37.0 Å². The third-order valence-corrected chi connectivity index (χ3v) is 4.51. The zero-order valence-electron chi connectivity index (χ0n) is 19.0. The molecule has 1 aromatic carbocycles. The van der Waals surface area contributed by atoms with Gasteiger partial charge in [0.25, 0.3) is 0 Å². The fourth-order valence-corrected chi connectivity index (χ4v) is 2.78. The fraction of sp³-hybridized carbons (Fsp3) is 0.652. The van der Waals surface area contributed by atoms with Crippen molar-refractivity contribution in [3.63, 3.8) is 0 Å². The first-order valence-corrected chi connectivity index (χ1v) is 10.5. The van der Waals surface area contributed by atoms with Crippen molar-refractivity contribution in [2.75, 3.05) is 13.7 Å². The first-order chi connectivity index (χ1) is 13.6. The van der Waals surface area contributed by atoms with Gasteiger partial charge in [-0.25, -0.2) is 0 Å². The normalized spacial score (nSPS) is 12.2. The standard InChI is InChI=1S/C23H38N2O4/c1-15(2)10-11-29-19-9-8-18(13-20(19)28-7)14-24-23(27)22(17(5)6)25-21(26)12-16(3)4/h8-9,13,15-17,22H,10-12,14H2,1-7H3,(H,24,27)(H,25,26). The molecule has 0 aliphatic rings. The second-order valence-electron chi connectivity index (χ2n) is 8.62. The molecule has 29 heavy (non-hydrogen) atoms. The van der Waals surface area contributed by atoms with Crippen LogP contribution >= 0.6 is 0 Å². The van der Waals surface area contributed by atoms with Crippen molar-refractivity contribution in [1.29, 1.82) is 0 Å². The van der Waals surface area contributed by atoms with E-state index < -0.39 is 6.04 Å². The Morgan fingerprint density at radius 2 is 1.69 bits per heavy atom. The SMILES string of the molecule is COc1cc(CNC(=O)C(NC(=O)CC(C)C)C(C)C)ccc1OCCC(C)C. The lowest BCUT2D eigenvalue weighted by Crippen LogP contribution is -2.49. The summed E-state index contributed by atoms with van der Waals surface area (Å²) in [5, 5.41) is 5.77. The van der Waals surface area contributed by atoms with Crippen molar-refractivity contribution in [1.82, 2.24) is 10.6 Å². The molecule has 1 atom stereocenters. The lowest BCUT2D eigenvalue weighted by atomic mass is 10.0. The monoisotopic (exact) mass is 406 g/mol. The molecule has 0 saturated heterocycles. The first kappa shape index (κ1) is 24.8. The van der Waals surface area contributed by atoms with E-state index in [0.717, 1.165) is 12.0 Å². The van der Waals surface area contributed by atoms with Gasteiger partial charge in [-0.3, -0.25) is 9.59 Å². The number of carbonyl (C=O) groups is 2. The summed E-state index contributed by atoms with van der Waals surface area (Å²) in [4.78, 5) is 24.7. The molecule has 0 aliphatic heterocycles. The Morgan fingerprint density at radius 3 is 2.24 bits per heavy atom. The smallest absolute Gasteiger partial charge is 0.243 e. The molecule has 1 aromatic rings. The molecule has 0 aromatic heterocycles. The summed E-state index contributed by atoms with van der Waals surface area (Å²) in [5.74, 6) is 1.88. The molecule has 2 N–H and O–H groups in total. The molecule has 1 unspecified atom stereocenters. The number of methoxy groups -OCH3 is 1. The average molecular weight is 407 g/mol. The van der Waals surface area contributed by atoms with Gasteiger partial charge in [0, 0.05) is 13.0 Å². The summed E-state index contributed by atoms with van der Waals surface area (Å²) >= 11 is 0. The molecule has 0 heterocycles. The molecule has 0 aliphatic carbocycles. The number of carbonyl (C=O) groups excluding carboxylic acids is 2. The Labute approximate surface area is 175 Å². The molecule has 6 heteroatoms. The molecule has 1 rings (SSSR count). The molecular formula is C23H38N2O4. The van der Waals surface area contributed by atoms with Crippen molar-refractivity contribution in [2.45, 2.75) is 67.0 Å². The van der Waals surface area contributed by atoms with E-state index in [4.69, 9.17) is 9.47 Å². The van der Waals surface area contributed by atoms with Crippen LogP contribution in [0.4, 0.5) is 0 Å². The van der Waals surface area contributed by atoms with E-state index in [1.54, 1.807) is 7.11 Å². The molecule has 164 valence electrons. The number of amides is 2. The van der Waals surface area contributed by atoms with Crippen LogP contribution in [0.1, 0.15) is 59.9 Å². The summed E-state index contributed by atoms with van der Waals surface area (Å²) in [6.45, 7) is 13.1. The number of ether oxygens (including phenoxy) is 2. The van der Waals surface area contributed by atoms with Gasteiger partial charge in [-0.1, -0.05) is 47.6 Å². The van der Waals surface area contributed by atoms with Crippen molar-refractivity contribution in [3.8, 4) is 11.5 Å². The Bertz CT molecular complexity index is 656. The lowest BCUT2D eigenvalue weighted by molar-refractivity contribution is -0.130. The van der Waals surface area contributed by atoms with Gasteiger partial charge in [0.05, 0.1) is 13.7 Å². The van der Waals surface area contributed by atoms with Crippen LogP contribution in [0.5, 0.6) is 11.5 Å². The number of nitrogens with one attached hydrogen (secondary N) is 2. The number of rotatable bonds is 12. The predicted octanol–water partition coefficient (Wildman–Crippen LogP) is 3.92. The summed E-state index contributed by atoms with van der Waals surface area (Å²) in [6, 6.07) is 5.09. The highest BCUT2D eigenvalue weighted by Crippen LogP contribution is 2.28. The van der Waals surface area contributed by atoms with Crippen LogP contribution in [0.2, 0.25) is 0 Å². The Morgan fingerprint density at radius 1 is 1.00 bits per heavy atom. The summed E-state index contributed by atoms with van der Waals surface area (Å²) in [5.41, 5.74) is 0.905. The van der Waals surface area contributed by atoms with E-state index in [1.165, 1.54) is 0 Å². The Balaban J connectivity index is 2.69. The minimum absolute atomic E-state index is 0.00242. The molecule has 0 saturated carbocycles. The van der Waals surface area contributed by atoms with Gasteiger partial charge in [-0.05, 0) is 41.9 Å². The highest BCUT2D eigenvalue weighted by Gasteiger charge is 2.24. The second kappa shape index (κ2) is 12.3. The van der Waals surface area contributed by atoms with Gasteiger partial charge in [0.15, 0.2) is 11.5 Å². The molecule has 0 spiro atoms. The fourth-order valence-electron chi connectivity index (χ4n) is 2.78. The predicted molar refractivity (Wildman–Crippen MR) is 116 cm³/mol. The molecule has 2 amide bonds. The minimum Gasteiger partial charge on any atom is -0.493 e. The third kappa shape index (κ3) is 9.20. The molecular weight excluding hydrogens is 368 g/mol. The van der Waals surface area contributed by atoms with E-state index in [1.807, 2.05) is 45.9 Å². The van der Waals surface area contributed by atoms with Crippen molar-refractivity contribution < 1.29 is 19.1 Å². The second-order valence-corrected chi connectivity index (χ2v) is 8.62. The van der Waals surface area contributed by atoms with Crippen molar-refractivity contribution in [2.24, 2.45) is 17.8 Å². The van der Waals surface area contributed by atoms with Crippen molar-refractivity contribution in [3.05, 3.63) is 23.8 Å². The van der Waals surface area contributed by atoms with Crippen molar-refractivity contribution >= 4 is 11.8 Å². The van der Waals surface area contributed by atoms with E-state index in [-0.39, 0.29) is 23.7 Å². The largest absolute Gasteiger partial charge is 0.493 e. The lowest BCUT2D eigenvalue weighted by Gasteiger charge is -2.22. The van der Waals surface area contributed by atoms with Crippen LogP contribution < -0.4 is 20.1 Å². The molecule has 0 fully saturated rings. The zero-order valence-corrected chi connectivity index (χ0v) is 19.0. The zero-order chi connectivity index (χ0) is 22.0. The number of benzene rings is 1. The van der Waals surface area contributed by atoms with Gasteiger partial charge >= 0.3 is 0 Å². The maximum Gasteiger partial charge on any atom is 0.243 e. The van der Waals surface area contributed by atoms with Crippen LogP contribution in [-0.4, -0.2) is 31.6 Å². The van der Waals surface area contributed by atoms with Crippen LogP contribution in [0.25, 0.3) is 0 Å². The number of hydrogen-bond acceptors (Lipinski definition) is 4. The highest BCUT2D eigenvalue weighted by atomic mass is 16.5. The third-order valence-electron chi connectivity index (χ3n) is 4.51. The van der Waals surface area contributed by atoms with Gasteiger partial charge in [0.1, 0.15) is 6.04 Å². The van der Waals surface area contributed by atoms with Gasteiger partial charge in [0.2, 0.25) is 11.8 Å². The maximum absolute atomic E-state index is 12.6. The molecule has 0 radical (unpaired) electrons. The van der Waals surface area contributed by atoms with E-state index in [9.17, 15) is 9.59 Å². The summed E-state index contributed by atoms with van der Waals surface area (Å²) in [6.07, 6.45) is 1.38. The Hall–Kier alpha value is -2.24. The Kier molecular flexibility index (Phi) is 10.6. The molecule has 6 nitrogen and oxygen atoms in total. The average Bonchev–Trinajstić information content (AvgIpc) is 2.63. The van der Waals surface area contributed by atoms with E-state index >= 15 is 0 Å². The molecule has 0 bridgehead atoms. The topological polar surface area (TPSA) is 76.7 Å². The van der Waals surface area contributed by atoms with Crippen LogP contribution in [0.15, 0.2) is 18.2 Å². The first-order valence-electron chi connectivity index (χ1n) is 10.5. The number of hydrogen-bond donors (Lipinski definition) is 2. The summed E-state index contributed by atoms with van der Waals surface area (Å²) in [7, 11) is 1.60. The minimum atomic E-state index is -0.554. The van der Waals surface area contributed by atoms with Crippen LogP contribution in [0, 0.1) is 17.8 Å². The van der Waals surface area contributed by atoms with Crippen LogP contribution in [0.3, 0.4) is 0 Å². The van der Waals surface area contributed by atoms with Crippen LogP contribution in [-0.2, 0) is 16.1 Å². The van der Waals surface area contributed by atoms with Gasteiger partial charge in [-0.15, -0.1) is 0 Å². The van der Waals surface area contributed by atoms with Gasteiger partial charge in [-0.2, -0.15) is 0 Å². The summed E-state index contributed by atoms with van der Waals surface area (Å²) < 4.78 is 11.2.